The van der Waals surface area contributed by atoms with Gasteiger partial charge >= 0.3 is 5.97 Å². The van der Waals surface area contributed by atoms with Gasteiger partial charge in [-0.3, -0.25) is 4.79 Å². The molecule has 17 heavy (non-hydrogen) atoms. The van der Waals surface area contributed by atoms with Crippen LogP contribution in [0.2, 0.25) is 5.02 Å². The van der Waals surface area contributed by atoms with Gasteiger partial charge in [-0.25, -0.2) is 4.39 Å². The molecule has 1 N–H and O–H groups in total. The van der Waals surface area contributed by atoms with E-state index in [-0.39, 0.29) is 24.0 Å². The van der Waals surface area contributed by atoms with Gasteiger partial charge in [0.15, 0.2) is 11.5 Å². The summed E-state index contributed by atoms with van der Waals surface area (Å²) in [5.74, 6) is -0.855. The Labute approximate surface area is 102 Å². The zero-order valence-electron chi connectivity index (χ0n) is 8.83. The lowest BCUT2D eigenvalue weighted by Crippen LogP contribution is -1.98. The number of aliphatic carboxylic acids is 1. The van der Waals surface area contributed by atoms with Crippen LogP contribution in [0.3, 0.4) is 0 Å². The molecule has 1 aliphatic heterocycles. The normalized spacial score (nSPS) is 12.8. The second kappa shape index (κ2) is 4.79. The number of halogens is 2. The molecule has 0 bridgehead atoms. The molecular formula is C11H10ClFO4. The van der Waals surface area contributed by atoms with Crippen molar-refractivity contribution in [2.75, 3.05) is 6.79 Å². The molecule has 4 nitrogen and oxygen atoms in total. The number of fused-ring (bicyclic) bond motifs is 1. The van der Waals surface area contributed by atoms with E-state index in [1.165, 1.54) is 6.07 Å². The summed E-state index contributed by atoms with van der Waals surface area (Å²) in [6, 6.07) is 1.51. The lowest BCUT2D eigenvalue weighted by molar-refractivity contribution is -0.137. The molecule has 0 atom stereocenters. The van der Waals surface area contributed by atoms with Gasteiger partial charge in [0.05, 0.1) is 0 Å². The number of carbonyl (C=O) groups is 1. The van der Waals surface area contributed by atoms with Crippen LogP contribution in [-0.2, 0) is 11.2 Å². The summed E-state index contributed by atoms with van der Waals surface area (Å²) in [5.41, 5.74) is 0.348. The van der Waals surface area contributed by atoms with Crippen LogP contribution in [0.1, 0.15) is 18.4 Å². The zero-order chi connectivity index (χ0) is 12.4. The zero-order valence-corrected chi connectivity index (χ0v) is 9.59. The van der Waals surface area contributed by atoms with Crippen LogP contribution < -0.4 is 9.47 Å². The summed E-state index contributed by atoms with van der Waals surface area (Å²) < 4.78 is 23.9. The van der Waals surface area contributed by atoms with Gasteiger partial charge in [0.25, 0.3) is 0 Å². The fourth-order valence-electron chi connectivity index (χ4n) is 1.64. The first-order valence-electron chi connectivity index (χ1n) is 5.08. The fourth-order valence-corrected chi connectivity index (χ4v) is 1.91. The SMILES string of the molecule is O=C(O)CCCc1cc2c(c(Cl)c1F)OCO2. The highest BCUT2D eigenvalue weighted by Gasteiger charge is 2.23. The van der Waals surface area contributed by atoms with E-state index in [4.69, 9.17) is 26.2 Å². The van der Waals surface area contributed by atoms with Crippen molar-refractivity contribution in [1.82, 2.24) is 0 Å². The average molecular weight is 261 g/mol. The third kappa shape index (κ3) is 2.44. The Hall–Kier alpha value is -1.49. The summed E-state index contributed by atoms with van der Waals surface area (Å²) in [6.45, 7) is 0.0209. The average Bonchev–Trinajstić information content (AvgIpc) is 2.72. The Morgan fingerprint density at radius 1 is 1.53 bits per heavy atom. The molecule has 2 rings (SSSR count). The first-order chi connectivity index (χ1) is 8.09. The third-order valence-corrected chi connectivity index (χ3v) is 2.80. The van der Waals surface area contributed by atoms with Gasteiger partial charge in [-0.1, -0.05) is 11.6 Å². The molecule has 1 aromatic rings. The Morgan fingerprint density at radius 3 is 3.00 bits per heavy atom. The number of rotatable bonds is 4. The quantitative estimate of drug-likeness (QED) is 0.904. The lowest BCUT2D eigenvalue weighted by atomic mass is 10.1. The Morgan fingerprint density at radius 2 is 2.29 bits per heavy atom. The predicted molar refractivity (Wildman–Crippen MR) is 58.1 cm³/mol. The minimum atomic E-state index is -0.905. The minimum Gasteiger partial charge on any atom is -0.481 e. The first kappa shape index (κ1) is 12.0. The Balaban J connectivity index is 2.17. The van der Waals surface area contributed by atoms with Crippen molar-refractivity contribution in [1.29, 1.82) is 0 Å². The summed E-state index contributed by atoms with van der Waals surface area (Å²) >= 11 is 5.79. The molecule has 1 aliphatic rings. The molecule has 0 aromatic heterocycles. The highest BCUT2D eigenvalue weighted by atomic mass is 35.5. The fraction of sp³-hybridized carbons (Fsp3) is 0.364. The van der Waals surface area contributed by atoms with Crippen molar-refractivity contribution in [3.05, 3.63) is 22.5 Å². The second-order valence-corrected chi connectivity index (χ2v) is 4.02. The molecule has 0 fully saturated rings. The smallest absolute Gasteiger partial charge is 0.303 e. The van der Waals surface area contributed by atoms with E-state index in [1.54, 1.807) is 0 Å². The van der Waals surface area contributed by atoms with E-state index < -0.39 is 11.8 Å². The molecule has 0 saturated carbocycles. The molecule has 0 unspecified atom stereocenters. The van der Waals surface area contributed by atoms with Crippen molar-refractivity contribution < 1.29 is 23.8 Å². The molecule has 0 saturated heterocycles. The Kier molecular flexibility index (Phi) is 3.38. The number of ether oxygens (including phenoxy) is 2. The highest BCUT2D eigenvalue weighted by molar-refractivity contribution is 6.32. The van der Waals surface area contributed by atoms with Crippen LogP contribution in [-0.4, -0.2) is 17.9 Å². The summed E-state index contributed by atoms with van der Waals surface area (Å²) in [6.07, 6.45) is 0.641. The van der Waals surface area contributed by atoms with Crippen molar-refractivity contribution in [3.8, 4) is 11.5 Å². The molecule has 0 spiro atoms. The van der Waals surface area contributed by atoms with Gasteiger partial charge in [-0.2, -0.15) is 0 Å². The largest absolute Gasteiger partial charge is 0.481 e. The molecule has 6 heteroatoms. The standard InChI is InChI=1S/C11H10ClFO4/c12-9-10(13)6(2-1-3-8(14)15)4-7-11(9)17-5-16-7/h4H,1-3,5H2,(H,14,15). The van der Waals surface area contributed by atoms with E-state index in [9.17, 15) is 9.18 Å². The van der Waals surface area contributed by atoms with Gasteiger partial charge in [-0.05, 0) is 24.5 Å². The van der Waals surface area contributed by atoms with E-state index >= 15 is 0 Å². The lowest BCUT2D eigenvalue weighted by Gasteiger charge is -2.06. The van der Waals surface area contributed by atoms with Gasteiger partial charge in [0.1, 0.15) is 10.8 Å². The van der Waals surface area contributed by atoms with Crippen LogP contribution in [0.4, 0.5) is 4.39 Å². The minimum absolute atomic E-state index is 0.00843. The van der Waals surface area contributed by atoms with Crippen LogP contribution in [0.5, 0.6) is 11.5 Å². The second-order valence-electron chi connectivity index (χ2n) is 3.64. The summed E-state index contributed by atoms with van der Waals surface area (Å²) in [7, 11) is 0. The van der Waals surface area contributed by atoms with Crippen molar-refractivity contribution in [2.24, 2.45) is 0 Å². The van der Waals surface area contributed by atoms with Crippen LogP contribution >= 0.6 is 11.6 Å². The van der Waals surface area contributed by atoms with Crippen molar-refractivity contribution in [2.45, 2.75) is 19.3 Å². The third-order valence-electron chi connectivity index (χ3n) is 2.46. The van der Waals surface area contributed by atoms with E-state index in [1.807, 2.05) is 0 Å². The number of aryl methyl sites for hydroxylation is 1. The van der Waals surface area contributed by atoms with Crippen molar-refractivity contribution in [3.63, 3.8) is 0 Å². The molecule has 1 aromatic carbocycles. The van der Waals surface area contributed by atoms with Crippen molar-refractivity contribution >= 4 is 17.6 Å². The van der Waals surface area contributed by atoms with Gasteiger partial charge in [0.2, 0.25) is 6.79 Å². The van der Waals surface area contributed by atoms with Gasteiger partial charge in [0, 0.05) is 6.42 Å². The molecule has 92 valence electrons. The van der Waals surface area contributed by atoms with E-state index in [2.05, 4.69) is 0 Å². The number of hydrogen-bond donors (Lipinski definition) is 1. The Bertz CT molecular complexity index is 461. The monoisotopic (exact) mass is 260 g/mol. The number of hydrogen-bond acceptors (Lipinski definition) is 3. The maximum atomic E-state index is 13.8. The first-order valence-corrected chi connectivity index (χ1v) is 5.45. The molecule has 0 aliphatic carbocycles. The van der Waals surface area contributed by atoms with Crippen LogP contribution in [0.25, 0.3) is 0 Å². The highest BCUT2D eigenvalue weighted by Crippen LogP contribution is 2.42. The molecule has 0 radical (unpaired) electrons. The van der Waals surface area contributed by atoms with E-state index in [0.29, 0.717) is 24.2 Å². The maximum Gasteiger partial charge on any atom is 0.303 e. The van der Waals surface area contributed by atoms with Crippen LogP contribution in [0, 0.1) is 5.82 Å². The summed E-state index contributed by atoms with van der Waals surface area (Å²) in [4.78, 5) is 10.4. The van der Waals surface area contributed by atoms with Crippen LogP contribution in [0.15, 0.2) is 6.07 Å². The van der Waals surface area contributed by atoms with Gasteiger partial charge in [-0.15, -0.1) is 0 Å². The van der Waals surface area contributed by atoms with Gasteiger partial charge < -0.3 is 14.6 Å². The predicted octanol–water partition coefficient (Wildman–Crippen LogP) is 2.62. The number of carboxylic acids is 1. The molecule has 1 heterocycles. The number of benzene rings is 1. The number of carboxylic acid groups (broad SMARTS) is 1. The molecule has 0 amide bonds. The topological polar surface area (TPSA) is 55.8 Å². The maximum absolute atomic E-state index is 13.8. The molecular weight excluding hydrogens is 251 g/mol. The van der Waals surface area contributed by atoms with E-state index in [0.717, 1.165) is 0 Å². The summed E-state index contributed by atoms with van der Waals surface area (Å²) in [5, 5.41) is 8.40.